The van der Waals surface area contributed by atoms with Crippen LogP contribution in [0.2, 0.25) is 0 Å². The quantitative estimate of drug-likeness (QED) is 0.206. The van der Waals surface area contributed by atoms with Crippen LogP contribution < -0.4 is 15.9 Å². The number of fused-ring (bicyclic) bond motifs is 1. The number of aromatic amines is 1. The Labute approximate surface area is 197 Å². The van der Waals surface area contributed by atoms with E-state index < -0.39 is 18.9 Å². The van der Waals surface area contributed by atoms with Gasteiger partial charge in [0, 0.05) is 34.6 Å². The molecule has 0 fully saturated rings. The lowest BCUT2D eigenvalue weighted by atomic mass is 10.1. The molecule has 0 amide bonds. The molecule has 180 valence electrons. The summed E-state index contributed by atoms with van der Waals surface area (Å²) in [7, 11) is -2.40. The molecule has 0 unspecified atom stereocenters. The van der Waals surface area contributed by atoms with Gasteiger partial charge in [0.25, 0.3) is 0 Å². The summed E-state index contributed by atoms with van der Waals surface area (Å²) in [6.45, 7) is 8.62. The summed E-state index contributed by atoms with van der Waals surface area (Å²) in [5, 5.41) is 7.35. The van der Waals surface area contributed by atoms with E-state index in [2.05, 4.69) is 27.2 Å². The maximum absolute atomic E-state index is 13.6. The lowest BCUT2D eigenvalue weighted by molar-refractivity contribution is -0.0864. The molecule has 3 aromatic rings. The minimum Gasteiger partial charge on any atom is -0.361 e. The van der Waals surface area contributed by atoms with E-state index in [9.17, 15) is 17.7 Å². The normalized spacial score (nSPS) is 13.2. The Kier molecular flexibility index (Phi) is 7.72. The molecule has 0 saturated carbocycles. The van der Waals surface area contributed by atoms with E-state index in [4.69, 9.17) is 0 Å². The van der Waals surface area contributed by atoms with Gasteiger partial charge in [-0.2, -0.15) is 13.2 Å². The van der Waals surface area contributed by atoms with Crippen molar-refractivity contribution in [2.75, 3.05) is 25.2 Å². The molecule has 34 heavy (non-hydrogen) atoms. The fourth-order valence-corrected chi connectivity index (χ4v) is 4.37. The second-order valence-electron chi connectivity index (χ2n) is 8.17. The van der Waals surface area contributed by atoms with Crippen molar-refractivity contribution in [2.45, 2.75) is 19.5 Å². The highest BCUT2D eigenvalue weighted by Crippen LogP contribution is 2.34. The first-order valence-electron chi connectivity index (χ1n) is 10.7. The standard InChI is InChI=1S/C25H28F3N4OP/c1-5-22(25(26,27)28)24(29-15-14-18-16-30-23-9-7-6-8-21(18)23)32-17(2)31-19-10-12-20(13-11-19)34(3,4)33/h5-13,16,30-31H,2,14-15H2,1,3-4H3,(H,29,32)/b22-5+. The van der Waals surface area contributed by atoms with E-state index in [1.807, 2.05) is 30.5 Å². The summed E-state index contributed by atoms with van der Waals surface area (Å²) in [4.78, 5) is 7.40. The van der Waals surface area contributed by atoms with Crippen LogP contribution in [0.15, 0.2) is 83.8 Å². The zero-order valence-electron chi connectivity index (χ0n) is 19.3. The van der Waals surface area contributed by atoms with Gasteiger partial charge in [0.05, 0.1) is 5.57 Å². The molecule has 0 aliphatic carbocycles. The fourth-order valence-electron chi connectivity index (χ4n) is 3.51. The lowest BCUT2D eigenvalue weighted by Crippen LogP contribution is -2.33. The van der Waals surface area contributed by atoms with Crippen LogP contribution in [-0.4, -0.2) is 36.9 Å². The molecule has 1 aromatic heterocycles. The molecule has 9 heteroatoms. The number of nitrogens with zero attached hydrogens (tertiary/aromatic N) is 1. The first-order valence-corrected chi connectivity index (χ1v) is 13.3. The van der Waals surface area contributed by atoms with Crippen LogP contribution in [0.1, 0.15) is 12.5 Å². The third-order valence-electron chi connectivity index (χ3n) is 5.23. The van der Waals surface area contributed by atoms with Crippen LogP contribution in [0.25, 0.3) is 10.9 Å². The van der Waals surface area contributed by atoms with Crippen LogP contribution in [0.4, 0.5) is 18.9 Å². The number of benzene rings is 2. The molecule has 0 atom stereocenters. The molecule has 0 spiro atoms. The molecule has 3 rings (SSSR count). The number of amidine groups is 1. The number of nitrogens with one attached hydrogen (secondary N) is 3. The van der Waals surface area contributed by atoms with Gasteiger partial charge in [0.15, 0.2) is 0 Å². The van der Waals surface area contributed by atoms with Crippen molar-refractivity contribution in [2.24, 2.45) is 4.99 Å². The van der Waals surface area contributed by atoms with Crippen LogP contribution in [0.5, 0.6) is 0 Å². The number of aromatic nitrogens is 1. The van der Waals surface area contributed by atoms with Gasteiger partial charge in [0.1, 0.15) is 18.8 Å². The predicted octanol–water partition coefficient (Wildman–Crippen LogP) is 6.04. The minimum atomic E-state index is -4.58. The van der Waals surface area contributed by atoms with E-state index in [1.165, 1.54) is 6.92 Å². The Bertz CT molecular complexity index is 1270. The molecule has 0 aliphatic rings. The Morgan fingerprint density at radius 1 is 1.15 bits per heavy atom. The molecular formula is C25H28F3N4OP. The summed E-state index contributed by atoms with van der Waals surface area (Å²) < 4.78 is 53.1. The molecule has 2 aromatic carbocycles. The molecule has 1 heterocycles. The van der Waals surface area contributed by atoms with Gasteiger partial charge in [-0.3, -0.25) is 4.99 Å². The molecule has 3 N–H and O–H groups in total. The van der Waals surface area contributed by atoms with Crippen molar-refractivity contribution in [1.82, 2.24) is 10.3 Å². The van der Waals surface area contributed by atoms with E-state index >= 15 is 0 Å². The maximum atomic E-state index is 13.6. The van der Waals surface area contributed by atoms with Gasteiger partial charge in [-0.1, -0.05) is 30.9 Å². The highest BCUT2D eigenvalue weighted by atomic mass is 31.2. The molecular weight excluding hydrogens is 460 g/mol. The first-order chi connectivity index (χ1) is 16.0. The van der Waals surface area contributed by atoms with Crippen molar-refractivity contribution >= 4 is 34.9 Å². The average Bonchev–Trinajstić information content (AvgIpc) is 3.16. The Morgan fingerprint density at radius 2 is 1.82 bits per heavy atom. The van der Waals surface area contributed by atoms with Gasteiger partial charge in [-0.05, 0) is 62.6 Å². The number of allylic oxidation sites excluding steroid dienone is 1. The smallest absolute Gasteiger partial charge is 0.361 e. The number of aliphatic imine (C=N–C) groups is 1. The molecule has 0 bridgehead atoms. The number of anilines is 1. The average molecular weight is 488 g/mol. The summed E-state index contributed by atoms with van der Waals surface area (Å²) in [6.07, 6.45) is -1.27. The second kappa shape index (κ2) is 10.3. The van der Waals surface area contributed by atoms with E-state index in [0.29, 0.717) is 17.4 Å². The van der Waals surface area contributed by atoms with Gasteiger partial charge in [0.2, 0.25) is 0 Å². The SMILES string of the molecule is C=C(NC(=NCCc1c[nH]c2ccccc12)/C(=C\C)C(F)(F)F)Nc1ccc(P(C)(C)=O)cc1. The third kappa shape index (κ3) is 6.41. The Hall–Kier alpha value is -3.25. The van der Waals surface area contributed by atoms with E-state index in [0.717, 1.165) is 22.5 Å². The van der Waals surface area contributed by atoms with Crippen molar-refractivity contribution in [3.63, 3.8) is 0 Å². The van der Waals surface area contributed by atoms with Crippen LogP contribution in [0.3, 0.4) is 0 Å². The highest BCUT2D eigenvalue weighted by molar-refractivity contribution is 7.70. The maximum Gasteiger partial charge on any atom is 0.419 e. The Balaban J connectivity index is 1.76. The number of hydrogen-bond donors (Lipinski definition) is 3. The fraction of sp³-hybridized carbons (Fsp3) is 0.240. The summed E-state index contributed by atoms with van der Waals surface area (Å²) in [6, 6.07) is 14.6. The van der Waals surface area contributed by atoms with Gasteiger partial charge >= 0.3 is 6.18 Å². The highest BCUT2D eigenvalue weighted by Gasteiger charge is 2.36. The van der Waals surface area contributed by atoms with Crippen molar-refractivity contribution in [3.8, 4) is 0 Å². The molecule has 0 saturated heterocycles. The number of rotatable bonds is 8. The largest absolute Gasteiger partial charge is 0.419 e. The second-order valence-corrected chi connectivity index (χ2v) is 11.4. The van der Waals surface area contributed by atoms with Gasteiger partial charge in [-0.15, -0.1) is 0 Å². The number of halogens is 3. The van der Waals surface area contributed by atoms with Crippen LogP contribution in [0, 0.1) is 0 Å². The van der Waals surface area contributed by atoms with Gasteiger partial charge < -0.3 is 20.2 Å². The van der Waals surface area contributed by atoms with E-state index in [-0.39, 0.29) is 18.2 Å². The topological polar surface area (TPSA) is 69.3 Å². The monoisotopic (exact) mass is 488 g/mol. The summed E-state index contributed by atoms with van der Waals surface area (Å²) in [5.74, 6) is -0.172. The lowest BCUT2D eigenvalue weighted by Gasteiger charge is -2.18. The predicted molar refractivity (Wildman–Crippen MR) is 136 cm³/mol. The summed E-state index contributed by atoms with van der Waals surface area (Å²) >= 11 is 0. The molecule has 5 nitrogen and oxygen atoms in total. The number of alkyl halides is 3. The zero-order valence-corrected chi connectivity index (χ0v) is 20.2. The first kappa shape index (κ1) is 25.4. The zero-order chi connectivity index (χ0) is 24.9. The third-order valence-corrected chi connectivity index (χ3v) is 6.77. The minimum absolute atomic E-state index is 0.137. The van der Waals surface area contributed by atoms with Crippen molar-refractivity contribution in [3.05, 3.63) is 84.3 Å². The molecule has 0 aliphatic heterocycles. The van der Waals surface area contributed by atoms with Gasteiger partial charge in [-0.25, -0.2) is 0 Å². The Morgan fingerprint density at radius 3 is 2.44 bits per heavy atom. The number of H-pyrrole nitrogens is 1. The number of hydrogen-bond acceptors (Lipinski definition) is 3. The van der Waals surface area contributed by atoms with Crippen molar-refractivity contribution < 1.29 is 17.7 Å². The van der Waals surface area contributed by atoms with Crippen LogP contribution >= 0.6 is 7.14 Å². The molecule has 0 radical (unpaired) electrons. The number of para-hydroxylation sites is 1. The van der Waals surface area contributed by atoms with Crippen molar-refractivity contribution in [1.29, 1.82) is 0 Å². The van der Waals surface area contributed by atoms with E-state index in [1.54, 1.807) is 37.6 Å². The van der Waals surface area contributed by atoms with Crippen LogP contribution in [-0.2, 0) is 11.0 Å². The summed E-state index contributed by atoms with van der Waals surface area (Å²) in [5.41, 5.74) is 1.67.